The van der Waals surface area contributed by atoms with E-state index in [4.69, 9.17) is 9.15 Å². The molecule has 1 aromatic carbocycles. The van der Waals surface area contributed by atoms with Crippen molar-refractivity contribution in [3.8, 4) is 11.3 Å². The molecule has 0 aliphatic rings. The van der Waals surface area contributed by atoms with Crippen molar-refractivity contribution in [2.75, 3.05) is 20.3 Å². The molecule has 0 saturated carbocycles. The van der Waals surface area contributed by atoms with Crippen LogP contribution in [0.5, 0.6) is 0 Å². The second kappa shape index (κ2) is 6.50. The summed E-state index contributed by atoms with van der Waals surface area (Å²) in [5.41, 5.74) is 4.47. The lowest BCUT2D eigenvalue weighted by Gasteiger charge is -2.05. The zero-order chi connectivity index (χ0) is 13.7. The van der Waals surface area contributed by atoms with Crippen LogP contribution in [0.3, 0.4) is 0 Å². The molecule has 0 bridgehead atoms. The van der Waals surface area contributed by atoms with Crippen molar-refractivity contribution in [3.63, 3.8) is 0 Å². The Morgan fingerprint density at radius 1 is 1.21 bits per heavy atom. The lowest BCUT2D eigenvalue weighted by atomic mass is 10.0. The Hall–Kier alpha value is -1.65. The summed E-state index contributed by atoms with van der Waals surface area (Å²) in [6.45, 7) is 6.35. The van der Waals surface area contributed by atoms with Gasteiger partial charge in [-0.25, -0.2) is 4.98 Å². The first kappa shape index (κ1) is 13.8. The first-order chi connectivity index (χ1) is 9.20. The lowest BCUT2D eigenvalue weighted by molar-refractivity contribution is 0.199. The first-order valence-electron chi connectivity index (χ1n) is 6.41. The van der Waals surface area contributed by atoms with Gasteiger partial charge < -0.3 is 14.5 Å². The normalized spacial score (nSPS) is 10.9. The summed E-state index contributed by atoms with van der Waals surface area (Å²) in [6, 6.07) is 6.38. The van der Waals surface area contributed by atoms with Gasteiger partial charge in [-0.3, -0.25) is 0 Å². The van der Waals surface area contributed by atoms with Gasteiger partial charge in [-0.1, -0.05) is 17.2 Å². The van der Waals surface area contributed by atoms with Crippen LogP contribution in [0.15, 0.2) is 29.0 Å². The fraction of sp³-hybridized carbons (Fsp3) is 0.400. The number of oxazole rings is 1. The second-order valence-corrected chi connectivity index (χ2v) is 4.67. The van der Waals surface area contributed by atoms with E-state index in [9.17, 15) is 0 Å². The number of hydrogen-bond donors (Lipinski definition) is 1. The van der Waals surface area contributed by atoms with Crippen LogP contribution in [0.25, 0.3) is 11.3 Å². The average molecular weight is 260 g/mol. The van der Waals surface area contributed by atoms with Crippen LogP contribution in [0.4, 0.5) is 0 Å². The zero-order valence-electron chi connectivity index (χ0n) is 11.7. The van der Waals surface area contributed by atoms with Gasteiger partial charge in [0.2, 0.25) is 0 Å². The van der Waals surface area contributed by atoms with Crippen molar-refractivity contribution in [2.45, 2.75) is 20.4 Å². The van der Waals surface area contributed by atoms with E-state index < -0.39 is 0 Å². The SMILES string of the molecule is COCCNCc1ncoc1-c1cc(C)cc(C)c1. The molecule has 2 aromatic rings. The van der Waals surface area contributed by atoms with E-state index >= 15 is 0 Å². The van der Waals surface area contributed by atoms with Crippen molar-refractivity contribution in [3.05, 3.63) is 41.4 Å². The highest BCUT2D eigenvalue weighted by atomic mass is 16.5. The van der Waals surface area contributed by atoms with Crippen molar-refractivity contribution < 1.29 is 9.15 Å². The quantitative estimate of drug-likeness (QED) is 0.811. The summed E-state index contributed by atoms with van der Waals surface area (Å²) in [5.74, 6) is 0.844. The van der Waals surface area contributed by atoms with Crippen LogP contribution in [-0.2, 0) is 11.3 Å². The summed E-state index contributed by atoms with van der Waals surface area (Å²) < 4.78 is 10.5. The molecule has 2 rings (SSSR count). The second-order valence-electron chi connectivity index (χ2n) is 4.67. The topological polar surface area (TPSA) is 47.3 Å². The van der Waals surface area contributed by atoms with E-state index in [1.807, 2.05) is 0 Å². The maximum Gasteiger partial charge on any atom is 0.181 e. The molecular weight excluding hydrogens is 240 g/mol. The first-order valence-corrected chi connectivity index (χ1v) is 6.41. The lowest BCUT2D eigenvalue weighted by Crippen LogP contribution is -2.19. The van der Waals surface area contributed by atoms with Crippen LogP contribution in [0, 0.1) is 13.8 Å². The van der Waals surface area contributed by atoms with Crippen molar-refractivity contribution in [2.24, 2.45) is 0 Å². The van der Waals surface area contributed by atoms with Gasteiger partial charge in [-0.2, -0.15) is 0 Å². The number of ether oxygens (including phenoxy) is 1. The van der Waals surface area contributed by atoms with Crippen molar-refractivity contribution in [1.29, 1.82) is 0 Å². The highest BCUT2D eigenvalue weighted by Crippen LogP contribution is 2.25. The van der Waals surface area contributed by atoms with Gasteiger partial charge >= 0.3 is 0 Å². The van der Waals surface area contributed by atoms with E-state index in [1.54, 1.807) is 7.11 Å². The predicted molar refractivity (Wildman–Crippen MR) is 75.0 cm³/mol. The minimum atomic E-state index is 0.683. The number of nitrogens with zero attached hydrogens (tertiary/aromatic N) is 1. The fourth-order valence-corrected chi connectivity index (χ4v) is 2.12. The average Bonchev–Trinajstić information content (AvgIpc) is 2.82. The Morgan fingerprint density at radius 3 is 2.63 bits per heavy atom. The molecule has 4 nitrogen and oxygen atoms in total. The van der Waals surface area contributed by atoms with E-state index in [1.165, 1.54) is 17.5 Å². The minimum absolute atomic E-state index is 0.683. The summed E-state index contributed by atoms with van der Waals surface area (Å²) in [4.78, 5) is 4.28. The van der Waals surface area contributed by atoms with Gasteiger partial charge in [-0.05, 0) is 26.0 Å². The smallest absolute Gasteiger partial charge is 0.181 e. The molecular formula is C15H20N2O2. The van der Waals surface area contributed by atoms with Gasteiger partial charge in [0.1, 0.15) is 5.69 Å². The third-order valence-corrected chi connectivity index (χ3v) is 2.90. The van der Waals surface area contributed by atoms with Crippen LogP contribution in [0.1, 0.15) is 16.8 Å². The number of rotatable bonds is 6. The Labute approximate surface area is 113 Å². The van der Waals surface area contributed by atoms with Crippen LogP contribution < -0.4 is 5.32 Å². The fourth-order valence-electron chi connectivity index (χ4n) is 2.12. The third-order valence-electron chi connectivity index (χ3n) is 2.90. The molecule has 0 spiro atoms. The molecule has 0 amide bonds. The third kappa shape index (κ3) is 3.66. The molecule has 0 aliphatic heterocycles. The Balaban J connectivity index is 2.14. The van der Waals surface area contributed by atoms with Gasteiger partial charge in [0.05, 0.1) is 6.61 Å². The number of benzene rings is 1. The van der Waals surface area contributed by atoms with Gasteiger partial charge in [0, 0.05) is 25.8 Å². The maximum atomic E-state index is 5.54. The molecule has 1 N–H and O–H groups in total. The van der Waals surface area contributed by atoms with Gasteiger partial charge in [0.25, 0.3) is 0 Å². The van der Waals surface area contributed by atoms with E-state index in [2.05, 4.69) is 42.3 Å². The molecule has 0 saturated heterocycles. The number of methoxy groups -OCH3 is 1. The summed E-state index contributed by atoms with van der Waals surface area (Å²) in [6.07, 6.45) is 1.50. The summed E-state index contributed by atoms with van der Waals surface area (Å²) >= 11 is 0. The van der Waals surface area contributed by atoms with E-state index in [-0.39, 0.29) is 0 Å². The molecule has 0 radical (unpaired) electrons. The molecule has 4 heteroatoms. The molecule has 19 heavy (non-hydrogen) atoms. The molecule has 0 aliphatic carbocycles. The Bertz CT molecular complexity index is 514. The van der Waals surface area contributed by atoms with Crippen LogP contribution >= 0.6 is 0 Å². The van der Waals surface area contributed by atoms with Gasteiger partial charge in [0.15, 0.2) is 12.2 Å². The zero-order valence-corrected chi connectivity index (χ0v) is 11.7. The minimum Gasteiger partial charge on any atom is -0.443 e. The van der Waals surface area contributed by atoms with Crippen molar-refractivity contribution >= 4 is 0 Å². The molecule has 0 fully saturated rings. The maximum absolute atomic E-state index is 5.54. The monoisotopic (exact) mass is 260 g/mol. The number of hydrogen-bond acceptors (Lipinski definition) is 4. The van der Waals surface area contributed by atoms with E-state index in [0.717, 1.165) is 23.6 Å². The largest absolute Gasteiger partial charge is 0.443 e. The molecule has 0 atom stereocenters. The summed E-state index contributed by atoms with van der Waals surface area (Å²) in [5, 5.41) is 3.28. The number of aryl methyl sites for hydroxylation is 2. The Kier molecular flexibility index (Phi) is 4.71. The predicted octanol–water partition coefficient (Wildman–Crippen LogP) is 2.69. The number of aromatic nitrogens is 1. The van der Waals surface area contributed by atoms with Crippen molar-refractivity contribution in [1.82, 2.24) is 10.3 Å². The van der Waals surface area contributed by atoms with Crippen LogP contribution in [0.2, 0.25) is 0 Å². The van der Waals surface area contributed by atoms with Gasteiger partial charge in [-0.15, -0.1) is 0 Å². The summed E-state index contributed by atoms with van der Waals surface area (Å²) in [7, 11) is 1.69. The number of nitrogens with one attached hydrogen (secondary N) is 1. The standard InChI is InChI=1S/C15H20N2O2/c1-11-6-12(2)8-13(7-11)15-14(17-10-19-15)9-16-4-5-18-3/h6-8,10,16H,4-5,9H2,1-3H3. The Morgan fingerprint density at radius 2 is 1.95 bits per heavy atom. The molecule has 102 valence electrons. The molecule has 1 aromatic heterocycles. The highest BCUT2D eigenvalue weighted by molar-refractivity contribution is 5.61. The highest BCUT2D eigenvalue weighted by Gasteiger charge is 2.11. The molecule has 0 unspecified atom stereocenters. The van der Waals surface area contributed by atoms with Crippen LogP contribution in [-0.4, -0.2) is 25.2 Å². The molecule has 1 heterocycles. The van der Waals surface area contributed by atoms with E-state index in [0.29, 0.717) is 13.2 Å².